The summed E-state index contributed by atoms with van der Waals surface area (Å²) in [6, 6.07) is 17.7. The van der Waals surface area contributed by atoms with Crippen LogP contribution in [0.15, 0.2) is 60.8 Å². The number of benzene rings is 2. The van der Waals surface area contributed by atoms with Gasteiger partial charge in [0.1, 0.15) is 18.2 Å². The minimum absolute atomic E-state index is 0. The number of pyridine rings is 1. The van der Waals surface area contributed by atoms with Crippen LogP contribution in [-0.2, 0) is 6.54 Å². The van der Waals surface area contributed by atoms with Gasteiger partial charge in [0.05, 0.1) is 27.2 Å². The number of halogens is 3. The second kappa shape index (κ2) is 13.9. The summed E-state index contributed by atoms with van der Waals surface area (Å²) < 4.78 is 5.63. The zero-order valence-electron chi connectivity index (χ0n) is 22.4. The smallest absolute Gasteiger partial charge is 0.253 e. The summed E-state index contributed by atoms with van der Waals surface area (Å²) in [7, 11) is 0. The summed E-state index contributed by atoms with van der Waals surface area (Å²) in [6.45, 7) is 7.48. The summed E-state index contributed by atoms with van der Waals surface area (Å²) >= 11 is 18.8. The Bertz CT molecular complexity index is 1290. The summed E-state index contributed by atoms with van der Waals surface area (Å²) in [4.78, 5) is 24.4. The number of rotatable bonds is 9. The molecule has 0 unspecified atom stereocenters. The van der Waals surface area contributed by atoms with Crippen molar-refractivity contribution in [3.05, 3.63) is 87.0 Å². The first kappa shape index (κ1) is 29.0. The molecule has 7 nitrogen and oxygen atoms in total. The van der Waals surface area contributed by atoms with Gasteiger partial charge in [0.15, 0.2) is 0 Å². The van der Waals surface area contributed by atoms with Gasteiger partial charge in [-0.15, -0.1) is 0 Å². The lowest BCUT2D eigenvalue weighted by Crippen LogP contribution is -2.53. The van der Waals surface area contributed by atoms with Crippen molar-refractivity contribution >= 4 is 46.5 Å². The topological polar surface area (TPSA) is 60.9 Å². The Morgan fingerprint density at radius 1 is 0.925 bits per heavy atom. The maximum atomic E-state index is 12.6. The molecule has 1 N–H and O–H groups in total. The highest BCUT2D eigenvalue weighted by atomic mass is 35.5. The fraction of sp³-hybridized carbons (Fsp3) is 0.400. The van der Waals surface area contributed by atoms with Crippen molar-refractivity contribution < 1.29 is 11.0 Å². The zero-order chi connectivity index (χ0) is 27.9. The van der Waals surface area contributed by atoms with Crippen LogP contribution in [0.3, 0.4) is 0 Å². The molecule has 2 aliphatic rings. The van der Waals surface area contributed by atoms with Crippen molar-refractivity contribution in [3.63, 3.8) is 0 Å². The van der Waals surface area contributed by atoms with Crippen molar-refractivity contribution in [2.45, 2.75) is 25.4 Å². The molecule has 0 spiro atoms. The Hall–Kier alpha value is -2.55. The van der Waals surface area contributed by atoms with E-state index in [1.54, 1.807) is 12.3 Å². The predicted molar refractivity (Wildman–Crippen MR) is 164 cm³/mol. The van der Waals surface area contributed by atoms with Crippen molar-refractivity contribution in [2.75, 3.05) is 57.3 Å². The lowest BCUT2D eigenvalue weighted by Gasteiger charge is -2.43. The third-order valence-corrected chi connectivity index (χ3v) is 8.58. The van der Waals surface area contributed by atoms with Crippen LogP contribution in [0.25, 0.3) is 0 Å². The number of carbonyl (C=O) groups is 1. The van der Waals surface area contributed by atoms with Gasteiger partial charge < -0.3 is 15.0 Å². The Balaban J connectivity index is 0.00000387. The van der Waals surface area contributed by atoms with Crippen LogP contribution in [0, 0.1) is 0 Å². The number of hydrogen-bond acceptors (Lipinski definition) is 6. The molecule has 0 radical (unpaired) electrons. The molecule has 0 atom stereocenters. The third-order valence-electron chi connectivity index (χ3n) is 7.56. The Morgan fingerprint density at radius 2 is 1.68 bits per heavy atom. The van der Waals surface area contributed by atoms with E-state index in [-0.39, 0.29) is 7.33 Å². The highest BCUT2D eigenvalue weighted by Gasteiger charge is 2.28. The van der Waals surface area contributed by atoms with Crippen molar-refractivity contribution in [2.24, 2.45) is 0 Å². The standard InChI is InChI=1S/C30H34Cl3N5O2.H2/c31-26-7-6-22(18-27(26)32)21-36-11-8-24(9-12-36)37-13-15-38(16-14-37)29-28(33)19-23(20-35-29)30(39)34-10-17-40-25-4-2-1-3-5-25;/h1-7,18-20,24H,8-17,21H2,(H,34,39);1H. The molecule has 3 heterocycles. The molecule has 0 aliphatic carbocycles. The van der Waals surface area contributed by atoms with Gasteiger partial charge >= 0.3 is 0 Å². The average molecular weight is 605 g/mol. The van der Waals surface area contributed by atoms with E-state index in [1.807, 2.05) is 42.5 Å². The Labute approximate surface area is 252 Å². The second-order valence-electron chi connectivity index (χ2n) is 10.2. The molecular formula is C30H36Cl3N5O2. The van der Waals surface area contributed by atoms with Gasteiger partial charge in [-0.2, -0.15) is 0 Å². The van der Waals surface area contributed by atoms with Gasteiger partial charge in [0, 0.05) is 46.4 Å². The summed E-state index contributed by atoms with van der Waals surface area (Å²) in [6.07, 6.45) is 3.91. The number of piperidine rings is 1. The largest absolute Gasteiger partial charge is 0.492 e. The monoisotopic (exact) mass is 603 g/mol. The van der Waals surface area contributed by atoms with Crippen LogP contribution >= 0.6 is 34.8 Å². The van der Waals surface area contributed by atoms with Crippen LogP contribution in [-0.4, -0.2) is 79.2 Å². The molecule has 2 fully saturated rings. The number of hydrogen-bond donors (Lipinski definition) is 1. The predicted octanol–water partition coefficient (Wildman–Crippen LogP) is 5.88. The second-order valence-corrected chi connectivity index (χ2v) is 11.4. The van der Waals surface area contributed by atoms with Gasteiger partial charge in [-0.3, -0.25) is 14.6 Å². The molecule has 2 saturated heterocycles. The molecule has 214 valence electrons. The van der Waals surface area contributed by atoms with Gasteiger partial charge in [0.25, 0.3) is 5.91 Å². The SMILES string of the molecule is O=C(NCCOc1ccccc1)c1cnc(N2CCN(C3CCN(Cc4ccc(Cl)c(Cl)c4)CC3)CC2)c(Cl)c1.[HH]. The van der Waals surface area contributed by atoms with Crippen molar-refractivity contribution in [3.8, 4) is 5.75 Å². The maximum absolute atomic E-state index is 12.6. The first-order chi connectivity index (χ1) is 19.5. The first-order valence-electron chi connectivity index (χ1n) is 13.7. The van der Waals surface area contributed by atoms with E-state index in [0.717, 1.165) is 70.2 Å². The molecule has 0 saturated carbocycles. The van der Waals surface area contributed by atoms with Gasteiger partial charge in [-0.05, 0) is 61.8 Å². The molecule has 40 heavy (non-hydrogen) atoms. The molecule has 2 aromatic carbocycles. The highest BCUT2D eigenvalue weighted by molar-refractivity contribution is 6.42. The van der Waals surface area contributed by atoms with Crippen LogP contribution in [0.1, 0.15) is 30.2 Å². The van der Waals surface area contributed by atoms with Crippen LogP contribution in [0.5, 0.6) is 5.75 Å². The first-order valence-corrected chi connectivity index (χ1v) is 14.9. The Morgan fingerprint density at radius 3 is 2.38 bits per heavy atom. The lowest BCUT2D eigenvalue weighted by atomic mass is 10.0. The number of likely N-dealkylation sites (tertiary alicyclic amines) is 1. The van der Waals surface area contributed by atoms with Crippen molar-refractivity contribution in [1.29, 1.82) is 0 Å². The van der Waals surface area contributed by atoms with Gasteiger partial charge in [-0.1, -0.05) is 59.1 Å². The number of nitrogens with one attached hydrogen (secondary N) is 1. The third kappa shape index (κ3) is 7.59. The Kier molecular flexibility index (Phi) is 10.0. The van der Waals surface area contributed by atoms with E-state index in [0.29, 0.717) is 39.8 Å². The van der Waals surface area contributed by atoms with Crippen LogP contribution < -0.4 is 15.0 Å². The number of nitrogens with zero attached hydrogens (tertiary/aromatic N) is 4. The molecular weight excluding hydrogens is 569 g/mol. The zero-order valence-corrected chi connectivity index (χ0v) is 24.6. The fourth-order valence-corrected chi connectivity index (χ4v) is 5.98. The minimum Gasteiger partial charge on any atom is -0.492 e. The molecule has 10 heteroatoms. The fourth-order valence-electron chi connectivity index (χ4n) is 5.38. The quantitative estimate of drug-likeness (QED) is 0.308. The molecule has 3 aromatic rings. The molecule has 1 aromatic heterocycles. The number of piperazine rings is 1. The lowest BCUT2D eigenvalue weighted by molar-refractivity contribution is 0.0946. The normalized spacial score (nSPS) is 17.1. The minimum atomic E-state index is -0.215. The number of carbonyl (C=O) groups excluding carboxylic acids is 1. The number of amides is 1. The summed E-state index contributed by atoms with van der Waals surface area (Å²) in [5, 5.41) is 4.57. The number of aromatic nitrogens is 1. The van der Waals surface area contributed by atoms with Crippen LogP contribution in [0.4, 0.5) is 5.82 Å². The van der Waals surface area contributed by atoms with E-state index >= 15 is 0 Å². The summed E-state index contributed by atoms with van der Waals surface area (Å²) in [5.41, 5.74) is 1.64. The molecule has 0 bridgehead atoms. The average Bonchev–Trinajstić information content (AvgIpc) is 2.98. The van der Waals surface area contributed by atoms with Gasteiger partial charge in [-0.25, -0.2) is 4.98 Å². The molecule has 5 rings (SSSR count). The van der Waals surface area contributed by atoms with E-state index in [1.165, 1.54) is 5.56 Å². The number of ether oxygens (including phenoxy) is 1. The van der Waals surface area contributed by atoms with Crippen molar-refractivity contribution in [1.82, 2.24) is 20.1 Å². The van der Waals surface area contributed by atoms with E-state index in [9.17, 15) is 4.79 Å². The van der Waals surface area contributed by atoms with Crippen LogP contribution in [0.2, 0.25) is 15.1 Å². The number of anilines is 1. The highest BCUT2D eigenvalue weighted by Crippen LogP contribution is 2.28. The molecule has 1 amide bonds. The van der Waals surface area contributed by atoms with Gasteiger partial charge in [0.2, 0.25) is 0 Å². The summed E-state index contributed by atoms with van der Waals surface area (Å²) in [5.74, 6) is 1.30. The van der Waals surface area contributed by atoms with E-state index in [2.05, 4.69) is 31.1 Å². The maximum Gasteiger partial charge on any atom is 0.253 e. The molecule has 2 aliphatic heterocycles. The van der Waals surface area contributed by atoms with E-state index in [4.69, 9.17) is 39.5 Å². The van der Waals surface area contributed by atoms with E-state index < -0.39 is 0 Å². The number of para-hydroxylation sites is 1.